The summed E-state index contributed by atoms with van der Waals surface area (Å²) in [6, 6.07) is 22.3. The molecule has 0 unspecified atom stereocenters. The zero-order valence-electron chi connectivity index (χ0n) is 41.6. The average molecular weight is 1020 g/mol. The van der Waals surface area contributed by atoms with Gasteiger partial charge < -0.3 is 68.4 Å². The lowest BCUT2D eigenvalue weighted by molar-refractivity contribution is -0.142. The summed E-state index contributed by atoms with van der Waals surface area (Å²) in [5.41, 5.74) is 17.6. The van der Waals surface area contributed by atoms with Gasteiger partial charge >= 0.3 is 5.97 Å². The number of rotatable bonds is 24. The minimum atomic E-state index is -1.38. The number of benzene rings is 4. The molecule has 8 rings (SSSR count). The minimum Gasteiger partial charge on any atom is -0.480 e. The number of carboxylic acids is 1. The molecule has 16 N–H and O–H groups in total. The number of carbonyl (C=O) groups is 6. The molecule has 6 atom stereocenters. The number of amides is 5. The van der Waals surface area contributed by atoms with Crippen LogP contribution in [-0.4, -0.2) is 109 Å². The number of H-pyrrole nitrogens is 4. The third-order valence-corrected chi connectivity index (χ3v) is 13.5. The maximum Gasteiger partial charge on any atom is 0.326 e. The summed E-state index contributed by atoms with van der Waals surface area (Å²) in [5.74, 6) is -5.54. The molecule has 4 aromatic carbocycles. The molecule has 0 aliphatic heterocycles. The Morgan fingerprint density at radius 2 is 0.840 bits per heavy atom. The van der Waals surface area contributed by atoms with Gasteiger partial charge in [-0.25, -0.2) is 4.79 Å². The molecule has 8 aromatic rings. The third-order valence-electron chi connectivity index (χ3n) is 13.5. The first-order valence-electron chi connectivity index (χ1n) is 24.9. The number of hydrogen-bond donors (Lipinski definition) is 14. The molecule has 0 aliphatic rings. The molecule has 0 spiro atoms. The first-order chi connectivity index (χ1) is 36.1. The summed E-state index contributed by atoms with van der Waals surface area (Å²) < 4.78 is 0. The quantitative estimate of drug-likeness (QED) is 0.0237. The van der Waals surface area contributed by atoms with Crippen molar-refractivity contribution >= 4 is 85.1 Å². The van der Waals surface area contributed by atoms with Crippen molar-refractivity contribution in [2.24, 2.45) is 17.4 Å². The fourth-order valence-corrected chi connectivity index (χ4v) is 9.46. The number of guanidine groups is 1. The highest BCUT2D eigenvalue weighted by Gasteiger charge is 2.35. The van der Waals surface area contributed by atoms with Crippen molar-refractivity contribution in [1.82, 2.24) is 51.8 Å². The van der Waals surface area contributed by atoms with Crippen molar-refractivity contribution in [2.75, 3.05) is 6.54 Å². The van der Waals surface area contributed by atoms with E-state index in [4.69, 9.17) is 16.9 Å². The van der Waals surface area contributed by atoms with Crippen LogP contribution >= 0.6 is 0 Å². The topological polar surface area (TPSA) is 334 Å². The number of fused-ring (bicyclic) bond motifs is 4. The van der Waals surface area contributed by atoms with E-state index in [1.54, 1.807) is 38.6 Å². The Balaban J connectivity index is 1.06. The van der Waals surface area contributed by atoms with Crippen LogP contribution in [0.1, 0.15) is 48.9 Å². The van der Waals surface area contributed by atoms with Crippen LogP contribution in [0.2, 0.25) is 0 Å². The number of para-hydroxylation sites is 4. The molecule has 4 heterocycles. The van der Waals surface area contributed by atoms with E-state index in [9.17, 15) is 33.9 Å². The van der Waals surface area contributed by atoms with Crippen molar-refractivity contribution in [3.8, 4) is 0 Å². The number of aromatic amines is 4. The van der Waals surface area contributed by atoms with Crippen LogP contribution in [0, 0.1) is 11.3 Å². The molecule has 20 nitrogen and oxygen atoms in total. The van der Waals surface area contributed by atoms with E-state index in [1.807, 2.05) is 97.1 Å². The van der Waals surface area contributed by atoms with Gasteiger partial charge in [-0.1, -0.05) is 86.6 Å². The highest BCUT2D eigenvalue weighted by Crippen LogP contribution is 2.24. The molecule has 0 saturated carbocycles. The van der Waals surface area contributed by atoms with Gasteiger partial charge in [0.05, 0.1) is 6.04 Å². The van der Waals surface area contributed by atoms with E-state index in [0.29, 0.717) is 29.7 Å². The zero-order chi connectivity index (χ0) is 53.2. The van der Waals surface area contributed by atoms with E-state index in [2.05, 4.69) is 51.8 Å². The largest absolute Gasteiger partial charge is 0.480 e. The van der Waals surface area contributed by atoms with Gasteiger partial charge in [0.25, 0.3) is 0 Å². The smallest absolute Gasteiger partial charge is 0.326 e. The Morgan fingerprint density at radius 3 is 1.21 bits per heavy atom. The lowest BCUT2D eigenvalue weighted by atomic mass is 9.98. The second kappa shape index (κ2) is 23.8. The fraction of sp³-hybridized carbons (Fsp3) is 0.291. The molecule has 0 bridgehead atoms. The number of carbonyl (C=O) groups excluding carboxylic acids is 5. The van der Waals surface area contributed by atoms with Gasteiger partial charge in [0.15, 0.2) is 5.96 Å². The second-order valence-electron chi connectivity index (χ2n) is 19.2. The van der Waals surface area contributed by atoms with Gasteiger partial charge in [0, 0.05) is 101 Å². The van der Waals surface area contributed by atoms with E-state index in [-0.39, 0.29) is 38.1 Å². The number of aliphatic carboxylic acids is 1. The van der Waals surface area contributed by atoms with Crippen LogP contribution in [0.15, 0.2) is 122 Å². The first kappa shape index (κ1) is 52.4. The number of nitrogens with one attached hydrogen (secondary N) is 11. The third kappa shape index (κ3) is 12.8. The number of hydrogen-bond acceptors (Lipinski definition) is 8. The molecular formula is C55H63N13O7. The Hall–Kier alpha value is -8.91. The van der Waals surface area contributed by atoms with Crippen LogP contribution in [-0.2, 0) is 54.5 Å². The van der Waals surface area contributed by atoms with Gasteiger partial charge in [-0.2, -0.15) is 0 Å². The Morgan fingerprint density at radius 1 is 0.507 bits per heavy atom. The summed E-state index contributed by atoms with van der Waals surface area (Å²) in [7, 11) is 0. The minimum absolute atomic E-state index is 0.0304. The van der Waals surface area contributed by atoms with Crippen LogP contribution in [0.5, 0.6) is 0 Å². The Bertz CT molecular complexity index is 3350. The predicted octanol–water partition coefficient (Wildman–Crippen LogP) is 3.64. The van der Waals surface area contributed by atoms with Crippen LogP contribution < -0.4 is 43.4 Å². The number of nitrogens with two attached hydrogens (primary N) is 2. The highest BCUT2D eigenvalue weighted by molar-refractivity contribution is 5.98. The Kier molecular flexibility index (Phi) is 16.6. The van der Waals surface area contributed by atoms with E-state index in [0.717, 1.165) is 49.2 Å². The number of aromatic nitrogens is 4. The monoisotopic (exact) mass is 1020 g/mol. The molecule has 0 fully saturated rings. The first-order valence-corrected chi connectivity index (χ1v) is 24.9. The summed E-state index contributed by atoms with van der Waals surface area (Å²) >= 11 is 0. The molecule has 20 heteroatoms. The lowest BCUT2D eigenvalue weighted by Crippen LogP contribution is -2.61. The predicted molar refractivity (Wildman–Crippen MR) is 287 cm³/mol. The summed E-state index contributed by atoms with van der Waals surface area (Å²) in [6.07, 6.45) is 7.43. The summed E-state index contributed by atoms with van der Waals surface area (Å²) in [6.45, 7) is 3.78. The molecule has 75 heavy (non-hydrogen) atoms. The second-order valence-corrected chi connectivity index (χ2v) is 19.2. The fourth-order valence-electron chi connectivity index (χ4n) is 9.46. The zero-order valence-corrected chi connectivity index (χ0v) is 41.6. The maximum atomic E-state index is 15.0. The SMILES string of the molecule is CC(C)[C@H](NC(=O)[C@H](Cc1c[nH]c2ccccc12)NC(=O)[C@@H](N)CCCNC(=N)N)C(=O)N[C@@H](Cc1c[nH]c2ccccc12)C(=O)N[C@@H](Cc1c[nH]c2ccccc12)C(=O)N[C@@H](Cc1c[nH]c2ccccc12)C(=O)O. The van der Waals surface area contributed by atoms with Gasteiger partial charge in [-0.15, -0.1) is 0 Å². The van der Waals surface area contributed by atoms with Crippen LogP contribution in [0.25, 0.3) is 43.6 Å². The van der Waals surface area contributed by atoms with E-state index in [1.165, 1.54) is 0 Å². The molecule has 0 radical (unpaired) electrons. The Labute approximate surface area is 431 Å². The van der Waals surface area contributed by atoms with Gasteiger partial charge in [-0.3, -0.25) is 29.4 Å². The van der Waals surface area contributed by atoms with Crippen molar-refractivity contribution < 1.29 is 33.9 Å². The van der Waals surface area contributed by atoms with Crippen LogP contribution in [0.3, 0.4) is 0 Å². The summed E-state index contributed by atoms with van der Waals surface area (Å²) in [4.78, 5) is 98.0. The van der Waals surface area contributed by atoms with E-state index >= 15 is 0 Å². The summed E-state index contributed by atoms with van der Waals surface area (Å²) in [5, 5.41) is 37.9. The van der Waals surface area contributed by atoms with Crippen molar-refractivity contribution in [1.29, 1.82) is 5.41 Å². The molecule has 0 saturated heterocycles. The molecular weight excluding hydrogens is 955 g/mol. The van der Waals surface area contributed by atoms with E-state index < -0.39 is 77.7 Å². The van der Waals surface area contributed by atoms with Crippen molar-refractivity contribution in [2.45, 2.75) is 88.6 Å². The maximum absolute atomic E-state index is 15.0. The molecule has 4 aromatic heterocycles. The van der Waals surface area contributed by atoms with Gasteiger partial charge in [-0.05, 0) is 65.3 Å². The molecule has 390 valence electrons. The van der Waals surface area contributed by atoms with Gasteiger partial charge in [0.2, 0.25) is 29.5 Å². The van der Waals surface area contributed by atoms with Crippen LogP contribution in [0.4, 0.5) is 0 Å². The number of carboxylic acid groups (broad SMARTS) is 1. The highest BCUT2D eigenvalue weighted by atomic mass is 16.4. The van der Waals surface area contributed by atoms with Crippen molar-refractivity contribution in [3.05, 3.63) is 144 Å². The molecule has 0 aliphatic carbocycles. The normalized spacial score (nSPS) is 13.9. The standard InChI is InChI=1S/C55H63N13O7/c1-30(2)48(68-52(72)46(24-33-28-62-42-19-9-5-14-37(33)42)64-49(69)39(56)16-11-21-59-55(57)58)53(73)66-45(23-32-27-61-41-18-8-4-13-36(32)41)50(70)65-44(22-31-26-60-40-17-7-3-12-35(31)40)51(71)67-47(54(74)75)25-34-29-63-43-20-10-6-15-38(34)43/h3-10,12-15,17-20,26-30,39,44-48,60-63H,11,16,21-25,56H2,1-2H3,(H,64,69)(H,65,70)(H,66,73)(H,67,71)(H,68,72)(H,74,75)(H4,57,58,59)/t39-,44-,45-,46-,47-,48-/m0/s1. The average Bonchev–Trinajstić information content (AvgIpc) is 4.21. The van der Waals surface area contributed by atoms with Gasteiger partial charge in [0.1, 0.15) is 30.2 Å². The molecule has 5 amide bonds. The lowest BCUT2D eigenvalue weighted by Gasteiger charge is -2.28. The van der Waals surface area contributed by atoms with Crippen molar-refractivity contribution in [3.63, 3.8) is 0 Å².